The molecular weight excluding hydrogens is 1180 g/mol. The van der Waals surface area contributed by atoms with E-state index in [2.05, 4.69) is 37.2 Å². The van der Waals surface area contributed by atoms with Crippen LogP contribution in [0, 0.1) is 35.5 Å². The molecule has 510 valence electrons. The number of rotatable bonds is 36. The predicted octanol–water partition coefficient (Wildman–Crippen LogP) is 2.99. The zero-order chi connectivity index (χ0) is 67.9. The average molecular weight is 1280 g/mol. The molecule has 2 fully saturated rings. The second-order valence-corrected chi connectivity index (χ2v) is 25.3. The van der Waals surface area contributed by atoms with Crippen LogP contribution in [0.15, 0.2) is 24.3 Å². The van der Waals surface area contributed by atoms with Crippen LogP contribution < -0.4 is 48.7 Å². The highest BCUT2D eigenvalue weighted by Crippen LogP contribution is 2.35. The van der Waals surface area contributed by atoms with Crippen LogP contribution in [0.5, 0.6) is 0 Å². The second-order valence-electron chi connectivity index (χ2n) is 25.3. The number of likely N-dealkylation sites (tertiary alicyclic amines) is 2. The van der Waals surface area contributed by atoms with Gasteiger partial charge in [-0.1, -0.05) is 80.9 Å². The van der Waals surface area contributed by atoms with E-state index < -0.39 is 126 Å². The van der Waals surface area contributed by atoms with Crippen LogP contribution in [0.25, 0.3) is 0 Å². The number of alkyl halides is 3. The number of likely N-dealkylation sites (N-methyl/N-ethyl adjacent to an activating group) is 2. The Morgan fingerprint density at radius 2 is 1.38 bits per heavy atom. The summed E-state index contributed by atoms with van der Waals surface area (Å²) in [6, 6.07) is -0.844. The van der Waals surface area contributed by atoms with Gasteiger partial charge in [0.1, 0.15) is 24.2 Å². The van der Waals surface area contributed by atoms with Crippen LogP contribution in [0.1, 0.15) is 132 Å². The Bertz CT molecular complexity index is 2540. The monoisotopic (exact) mass is 1280 g/mol. The van der Waals surface area contributed by atoms with Crippen LogP contribution in [-0.2, 0) is 59.2 Å². The molecule has 1 aromatic carbocycles. The van der Waals surface area contributed by atoms with Crippen molar-refractivity contribution in [2.45, 2.75) is 194 Å². The molecule has 11 N–H and O–H groups in total. The molecule has 0 aromatic heterocycles. The first-order valence-electron chi connectivity index (χ1n) is 31.4. The van der Waals surface area contributed by atoms with Crippen molar-refractivity contribution in [3.63, 3.8) is 0 Å². The summed E-state index contributed by atoms with van der Waals surface area (Å²) in [6.07, 6.45) is -4.49. The standard InChI is InChI=1S/C62H104F3N13O12/c1-15-38(8)53(76(12)60(87)51(36(4)5)74-59(86)52(37(6)7)75(10)11)45(89-13)32-49(81)78-29-17-20-44(78)54(90-14)39(9)56(83)70-34-48(80)69-33-40-22-24-42(25-23-40)71-57(84)43(19-16-27-68-61(67)88)72-58(85)50(35(2)3)73-47(79)21-18-28-77-30-26-41(55(66)82)31-46(77)62(63,64)65/h22-25,35-39,41,43-46,50-54H,15-21,26-34H2,1-14H3,(H2,66,82)(H,69,80)(H,70,83)(H,71,84)(H,72,85)(H,73,79)(H,74,86)(H3,67,68,88)/t38-,39+,41?,43-,44-,45+,46?,50?,51-,52?,53-,54+/m0/s1. The van der Waals surface area contributed by atoms with Crippen LogP contribution in [0.2, 0.25) is 0 Å². The van der Waals surface area contributed by atoms with E-state index >= 15 is 0 Å². The maximum absolute atomic E-state index is 14.4. The number of hydrogen-bond acceptors (Lipinski definition) is 14. The highest BCUT2D eigenvalue weighted by Gasteiger charge is 2.48. The maximum Gasteiger partial charge on any atom is 0.404 e. The van der Waals surface area contributed by atoms with E-state index in [0.29, 0.717) is 37.1 Å². The van der Waals surface area contributed by atoms with Gasteiger partial charge in [0, 0.05) is 58.9 Å². The van der Waals surface area contributed by atoms with Gasteiger partial charge < -0.3 is 68.0 Å². The van der Waals surface area contributed by atoms with Gasteiger partial charge in [0.25, 0.3) is 0 Å². The molecule has 2 aliphatic rings. The lowest BCUT2D eigenvalue weighted by atomic mass is 9.89. The topological polar surface area (TPSA) is 338 Å². The summed E-state index contributed by atoms with van der Waals surface area (Å²) in [7, 11) is 8.32. The normalized spacial score (nSPS) is 19.3. The van der Waals surface area contributed by atoms with Gasteiger partial charge in [-0.15, -0.1) is 0 Å². The molecule has 0 aliphatic carbocycles. The summed E-state index contributed by atoms with van der Waals surface area (Å²) in [5, 5.41) is 19.0. The van der Waals surface area contributed by atoms with E-state index in [-0.39, 0.29) is 107 Å². The number of nitrogens with two attached hydrogens (primary N) is 2. The zero-order valence-corrected chi connectivity index (χ0v) is 55.3. The van der Waals surface area contributed by atoms with Gasteiger partial charge in [-0.05, 0) is 113 Å². The van der Waals surface area contributed by atoms with Crippen molar-refractivity contribution < 1.29 is 70.6 Å². The van der Waals surface area contributed by atoms with Crippen molar-refractivity contribution in [2.24, 2.45) is 47.0 Å². The Morgan fingerprint density at radius 3 is 1.92 bits per heavy atom. The maximum atomic E-state index is 14.4. The van der Waals surface area contributed by atoms with Crippen LogP contribution >= 0.6 is 0 Å². The fourth-order valence-corrected chi connectivity index (χ4v) is 12.1. The fourth-order valence-electron chi connectivity index (χ4n) is 12.1. The van der Waals surface area contributed by atoms with Crippen LogP contribution in [0.4, 0.5) is 23.7 Å². The number of amides is 11. The van der Waals surface area contributed by atoms with Crippen molar-refractivity contribution in [1.82, 2.24) is 51.5 Å². The van der Waals surface area contributed by atoms with Crippen LogP contribution in [-0.4, -0.2) is 208 Å². The summed E-state index contributed by atoms with van der Waals surface area (Å²) in [5.74, 6) is -6.99. The molecule has 4 unspecified atom stereocenters. The van der Waals surface area contributed by atoms with Gasteiger partial charge in [0.15, 0.2) is 0 Å². The van der Waals surface area contributed by atoms with Gasteiger partial charge in [-0.3, -0.25) is 53.0 Å². The predicted molar refractivity (Wildman–Crippen MR) is 333 cm³/mol. The number of primary amides is 2. The highest BCUT2D eigenvalue weighted by atomic mass is 19.4. The van der Waals surface area contributed by atoms with Gasteiger partial charge in [-0.2, -0.15) is 13.2 Å². The molecule has 25 nitrogen and oxygen atoms in total. The largest absolute Gasteiger partial charge is 0.404 e. The minimum Gasteiger partial charge on any atom is -0.379 e. The molecule has 11 amide bonds. The number of hydrogen-bond donors (Lipinski definition) is 9. The van der Waals surface area contributed by atoms with Crippen molar-refractivity contribution in [3.05, 3.63) is 29.8 Å². The number of nitrogens with one attached hydrogen (secondary N) is 7. The molecule has 1 aromatic rings. The molecule has 28 heteroatoms. The van der Waals surface area contributed by atoms with Crippen LogP contribution in [0.3, 0.4) is 0 Å². The lowest BCUT2D eigenvalue weighted by Crippen LogP contribution is -2.59. The molecule has 0 bridgehead atoms. The minimum absolute atomic E-state index is 0.00696. The van der Waals surface area contributed by atoms with Crippen molar-refractivity contribution >= 4 is 64.9 Å². The first-order chi connectivity index (χ1) is 42.2. The third-order valence-corrected chi connectivity index (χ3v) is 17.3. The number of carbonyl (C=O) groups is 10. The highest BCUT2D eigenvalue weighted by molar-refractivity contribution is 5.98. The first kappa shape index (κ1) is 77.6. The quantitative estimate of drug-likeness (QED) is 0.0437. The first-order valence-corrected chi connectivity index (χ1v) is 31.4. The van der Waals surface area contributed by atoms with E-state index in [9.17, 15) is 61.1 Å². The van der Waals surface area contributed by atoms with E-state index in [0.717, 1.165) is 0 Å². The lowest BCUT2D eigenvalue weighted by Gasteiger charge is -2.41. The Morgan fingerprint density at radius 1 is 0.733 bits per heavy atom. The number of ether oxygens (including phenoxy) is 2. The number of urea groups is 1. The molecule has 2 heterocycles. The molecule has 3 rings (SSSR count). The Labute approximate surface area is 529 Å². The molecule has 2 saturated heterocycles. The number of methoxy groups -OCH3 is 2. The summed E-state index contributed by atoms with van der Waals surface area (Å²) in [5.41, 5.74) is 11.5. The van der Waals surface area contributed by atoms with Crippen molar-refractivity contribution in [3.8, 4) is 0 Å². The molecule has 90 heavy (non-hydrogen) atoms. The minimum atomic E-state index is -4.61. The summed E-state index contributed by atoms with van der Waals surface area (Å²) < 4.78 is 53.6. The smallest absolute Gasteiger partial charge is 0.379 e. The Hall–Kier alpha value is -6.65. The van der Waals surface area contributed by atoms with Gasteiger partial charge in [-0.25, -0.2) is 4.79 Å². The number of halogens is 3. The van der Waals surface area contributed by atoms with E-state index in [4.69, 9.17) is 20.9 Å². The van der Waals surface area contributed by atoms with E-state index in [1.807, 2.05) is 60.5 Å². The van der Waals surface area contributed by atoms with E-state index in [1.165, 1.54) is 19.1 Å². The van der Waals surface area contributed by atoms with Crippen molar-refractivity contribution in [1.29, 1.82) is 0 Å². The number of benzene rings is 1. The summed E-state index contributed by atoms with van der Waals surface area (Å²) >= 11 is 0. The average Bonchev–Trinajstić information content (AvgIpc) is 1.82. The van der Waals surface area contributed by atoms with Crippen molar-refractivity contribution in [2.75, 3.05) is 73.4 Å². The Balaban J connectivity index is 1.60. The summed E-state index contributed by atoms with van der Waals surface area (Å²) in [4.78, 5) is 139. The molecule has 2 aliphatic heterocycles. The second kappa shape index (κ2) is 37.0. The number of nitrogens with zero attached hydrogens (tertiary/aromatic N) is 4. The molecular formula is C62H104F3N13O12. The number of anilines is 1. The SMILES string of the molecule is CC[C@H](C)[C@@H]([C@@H](CC(=O)N1CCC[C@H]1[C@H](OC)[C@@H](C)C(=O)NCC(=O)NCc1ccc(NC(=O)[C@H](CCCNC(N)=O)NC(=O)C(NC(=O)CCCN2CCC(C(N)=O)CC2C(F)(F)F)C(C)C)cc1)OC)N(C)C(=O)[C@@H](NC(=O)C(C(C)C)N(C)C)C(C)C. The molecule has 0 saturated carbocycles. The van der Waals surface area contributed by atoms with Gasteiger partial charge >= 0.3 is 12.2 Å². The third-order valence-electron chi connectivity index (χ3n) is 17.3. The molecule has 12 atom stereocenters. The lowest BCUT2D eigenvalue weighted by molar-refractivity contribution is -0.195. The van der Waals surface area contributed by atoms with Gasteiger partial charge in [0.2, 0.25) is 53.2 Å². The Kier molecular flexibility index (Phi) is 31.9. The molecule has 0 spiro atoms. The third kappa shape index (κ3) is 23.5. The van der Waals surface area contributed by atoms with E-state index in [1.54, 1.807) is 61.9 Å². The molecule has 0 radical (unpaired) electrons. The fraction of sp³-hybridized carbons (Fsp3) is 0.742. The zero-order valence-electron chi connectivity index (χ0n) is 55.3. The summed E-state index contributed by atoms with van der Waals surface area (Å²) in [6.45, 7) is 16.7. The number of piperidine rings is 1. The number of carbonyl (C=O) groups excluding carboxylic acids is 10. The van der Waals surface area contributed by atoms with Gasteiger partial charge in [0.05, 0.1) is 49.2 Å².